The van der Waals surface area contributed by atoms with Crippen molar-refractivity contribution in [2.75, 3.05) is 7.11 Å². The molecule has 17 heavy (non-hydrogen) atoms. The molecule has 0 saturated heterocycles. The molecule has 1 aromatic carbocycles. The van der Waals surface area contributed by atoms with Crippen LogP contribution in [0.5, 0.6) is 5.75 Å². The van der Waals surface area contributed by atoms with Gasteiger partial charge >= 0.3 is 0 Å². The number of alkyl halides is 1. The summed E-state index contributed by atoms with van der Waals surface area (Å²) >= 11 is 11.6. The Labute approximate surface area is 119 Å². The van der Waals surface area contributed by atoms with Gasteiger partial charge in [0.1, 0.15) is 5.75 Å². The van der Waals surface area contributed by atoms with Crippen molar-refractivity contribution in [2.45, 2.75) is 11.8 Å². The van der Waals surface area contributed by atoms with E-state index < -0.39 is 0 Å². The van der Waals surface area contributed by atoms with Crippen molar-refractivity contribution < 1.29 is 4.74 Å². The molecule has 0 amide bonds. The molecule has 4 heteroatoms. The molecule has 1 unspecified atom stereocenters. The molecule has 0 fully saturated rings. The maximum atomic E-state index is 6.45. The van der Waals surface area contributed by atoms with E-state index in [0.717, 1.165) is 22.2 Å². The Bertz CT molecular complexity index is 484. The third-order valence-corrected chi connectivity index (χ3v) is 4.27. The SMILES string of the molecule is COc1cc(Br)ccc1C(Cl)Cc1cccs1. The Morgan fingerprint density at radius 1 is 1.41 bits per heavy atom. The zero-order valence-corrected chi connectivity index (χ0v) is 12.5. The van der Waals surface area contributed by atoms with Crippen molar-refractivity contribution >= 4 is 38.9 Å². The van der Waals surface area contributed by atoms with Crippen molar-refractivity contribution in [3.05, 3.63) is 50.6 Å². The van der Waals surface area contributed by atoms with Gasteiger partial charge in [0.15, 0.2) is 0 Å². The zero-order valence-electron chi connectivity index (χ0n) is 9.32. The quantitative estimate of drug-likeness (QED) is 0.713. The molecule has 0 aliphatic heterocycles. The van der Waals surface area contributed by atoms with Gasteiger partial charge in [0, 0.05) is 21.3 Å². The monoisotopic (exact) mass is 330 g/mol. The molecule has 90 valence electrons. The van der Waals surface area contributed by atoms with Crippen LogP contribution in [0.1, 0.15) is 15.8 Å². The lowest BCUT2D eigenvalue weighted by molar-refractivity contribution is 0.409. The van der Waals surface area contributed by atoms with Crippen LogP contribution in [0.2, 0.25) is 0 Å². The minimum Gasteiger partial charge on any atom is -0.496 e. The molecule has 0 saturated carbocycles. The van der Waals surface area contributed by atoms with Crippen LogP contribution < -0.4 is 4.74 Å². The third-order valence-electron chi connectivity index (χ3n) is 2.49. The summed E-state index contributed by atoms with van der Waals surface area (Å²) in [6.07, 6.45) is 0.831. The van der Waals surface area contributed by atoms with Crippen LogP contribution >= 0.6 is 38.9 Å². The molecular weight excluding hydrogens is 320 g/mol. The molecule has 0 bridgehead atoms. The van der Waals surface area contributed by atoms with Gasteiger partial charge in [-0.25, -0.2) is 0 Å². The number of halogens is 2. The first-order chi connectivity index (χ1) is 8.20. The van der Waals surface area contributed by atoms with Gasteiger partial charge in [-0.05, 0) is 23.6 Å². The van der Waals surface area contributed by atoms with Gasteiger partial charge in [0.2, 0.25) is 0 Å². The molecule has 1 nitrogen and oxygen atoms in total. The maximum absolute atomic E-state index is 6.45. The second-order valence-corrected chi connectivity index (χ2v) is 6.11. The van der Waals surface area contributed by atoms with Crippen molar-refractivity contribution in [2.24, 2.45) is 0 Å². The van der Waals surface area contributed by atoms with E-state index in [4.69, 9.17) is 16.3 Å². The van der Waals surface area contributed by atoms with Crippen molar-refractivity contribution in [3.8, 4) is 5.75 Å². The van der Waals surface area contributed by atoms with Crippen LogP contribution in [0.3, 0.4) is 0 Å². The standard InChI is InChI=1S/C13H12BrClOS/c1-16-13-7-9(14)4-5-11(13)12(15)8-10-3-2-6-17-10/h2-7,12H,8H2,1H3. The van der Waals surface area contributed by atoms with E-state index in [1.165, 1.54) is 4.88 Å². The number of rotatable bonds is 4. The van der Waals surface area contributed by atoms with Crippen molar-refractivity contribution in [1.82, 2.24) is 0 Å². The minimum absolute atomic E-state index is 0.0586. The smallest absolute Gasteiger partial charge is 0.124 e. The number of benzene rings is 1. The Hall–Kier alpha value is -0.510. The fourth-order valence-electron chi connectivity index (χ4n) is 1.66. The van der Waals surface area contributed by atoms with Gasteiger partial charge < -0.3 is 4.74 Å². The summed E-state index contributed by atoms with van der Waals surface area (Å²) in [4.78, 5) is 1.29. The second-order valence-electron chi connectivity index (χ2n) is 3.64. The molecule has 1 atom stereocenters. The van der Waals surface area contributed by atoms with Gasteiger partial charge in [-0.3, -0.25) is 0 Å². The molecule has 0 N–H and O–H groups in total. The molecule has 0 aliphatic rings. The summed E-state index contributed by atoms with van der Waals surface area (Å²) in [6, 6.07) is 10.1. The van der Waals surface area contributed by atoms with Gasteiger partial charge in [-0.1, -0.05) is 28.1 Å². The largest absolute Gasteiger partial charge is 0.496 e. The Morgan fingerprint density at radius 2 is 2.24 bits per heavy atom. The fourth-order valence-corrected chi connectivity index (χ4v) is 3.19. The number of ether oxygens (including phenoxy) is 1. The maximum Gasteiger partial charge on any atom is 0.124 e. The molecule has 0 radical (unpaired) electrons. The predicted octanol–water partition coefficient (Wildman–Crippen LogP) is 5.04. The molecule has 1 aromatic heterocycles. The first-order valence-corrected chi connectivity index (χ1v) is 7.31. The second kappa shape index (κ2) is 5.89. The summed E-state index contributed by atoms with van der Waals surface area (Å²) in [5, 5.41) is 2.01. The van der Waals surface area contributed by atoms with Gasteiger partial charge in [0.05, 0.1) is 12.5 Å². The van der Waals surface area contributed by atoms with Gasteiger partial charge in [0.25, 0.3) is 0 Å². The number of thiophene rings is 1. The minimum atomic E-state index is -0.0586. The molecule has 1 heterocycles. The van der Waals surface area contributed by atoms with E-state index in [9.17, 15) is 0 Å². The number of hydrogen-bond acceptors (Lipinski definition) is 2. The summed E-state index contributed by atoms with van der Waals surface area (Å²) in [5.74, 6) is 0.830. The predicted molar refractivity (Wildman–Crippen MR) is 77.3 cm³/mol. The van der Waals surface area contributed by atoms with Crippen LogP contribution in [0.15, 0.2) is 40.2 Å². The van der Waals surface area contributed by atoms with E-state index in [1.807, 2.05) is 24.3 Å². The van der Waals surface area contributed by atoms with Crippen LogP contribution in [-0.2, 0) is 6.42 Å². The lowest BCUT2D eigenvalue weighted by atomic mass is 10.1. The van der Waals surface area contributed by atoms with E-state index in [2.05, 4.69) is 27.4 Å². The van der Waals surface area contributed by atoms with E-state index in [1.54, 1.807) is 18.4 Å². The van der Waals surface area contributed by atoms with Crippen molar-refractivity contribution in [1.29, 1.82) is 0 Å². The topological polar surface area (TPSA) is 9.23 Å². The summed E-state index contributed by atoms with van der Waals surface area (Å²) in [6.45, 7) is 0. The molecule has 2 rings (SSSR count). The van der Waals surface area contributed by atoms with Crippen LogP contribution in [0, 0.1) is 0 Å². The summed E-state index contributed by atoms with van der Waals surface area (Å²) < 4.78 is 6.35. The highest BCUT2D eigenvalue weighted by molar-refractivity contribution is 9.10. The lowest BCUT2D eigenvalue weighted by Crippen LogP contribution is -1.98. The summed E-state index contributed by atoms with van der Waals surface area (Å²) in [7, 11) is 1.67. The lowest BCUT2D eigenvalue weighted by Gasteiger charge is -2.13. The van der Waals surface area contributed by atoms with Crippen LogP contribution in [0.25, 0.3) is 0 Å². The van der Waals surface area contributed by atoms with E-state index in [-0.39, 0.29) is 5.38 Å². The van der Waals surface area contributed by atoms with Crippen LogP contribution in [-0.4, -0.2) is 7.11 Å². The molecule has 0 spiro atoms. The molecular formula is C13H12BrClOS. The van der Waals surface area contributed by atoms with E-state index in [0.29, 0.717) is 0 Å². The fraction of sp³-hybridized carbons (Fsp3) is 0.231. The Balaban J connectivity index is 2.21. The normalized spacial score (nSPS) is 12.4. The Morgan fingerprint density at radius 3 is 2.88 bits per heavy atom. The zero-order chi connectivity index (χ0) is 12.3. The first-order valence-electron chi connectivity index (χ1n) is 5.20. The third kappa shape index (κ3) is 3.24. The highest BCUT2D eigenvalue weighted by Crippen LogP contribution is 2.34. The molecule has 0 aliphatic carbocycles. The highest BCUT2D eigenvalue weighted by Gasteiger charge is 2.14. The average molecular weight is 332 g/mol. The Kier molecular flexibility index (Phi) is 4.48. The van der Waals surface area contributed by atoms with E-state index >= 15 is 0 Å². The average Bonchev–Trinajstić information content (AvgIpc) is 2.81. The van der Waals surface area contributed by atoms with Crippen LogP contribution in [0.4, 0.5) is 0 Å². The first kappa shape index (κ1) is 12.9. The number of hydrogen-bond donors (Lipinski definition) is 0. The summed E-state index contributed by atoms with van der Waals surface area (Å²) in [5.41, 5.74) is 1.03. The van der Waals surface area contributed by atoms with Crippen molar-refractivity contribution in [3.63, 3.8) is 0 Å². The molecule has 2 aromatic rings. The highest BCUT2D eigenvalue weighted by atomic mass is 79.9. The number of methoxy groups -OCH3 is 1. The van der Waals surface area contributed by atoms with Gasteiger partial charge in [-0.2, -0.15) is 0 Å². The van der Waals surface area contributed by atoms with Gasteiger partial charge in [-0.15, -0.1) is 22.9 Å².